The molecule has 19 heavy (non-hydrogen) atoms. The molecule has 2 rings (SSSR count). The van der Waals surface area contributed by atoms with Crippen LogP contribution in [0, 0.1) is 0 Å². The minimum absolute atomic E-state index is 0.145. The zero-order valence-electron chi connectivity index (χ0n) is 10.8. The summed E-state index contributed by atoms with van der Waals surface area (Å²) in [5.74, 6) is 1.59. The Balaban J connectivity index is 2.69. The third kappa shape index (κ3) is 2.65. The van der Waals surface area contributed by atoms with Gasteiger partial charge in [0.25, 0.3) is 0 Å². The number of aromatic nitrogens is 4. The van der Waals surface area contributed by atoms with Gasteiger partial charge < -0.3 is 16.0 Å². The van der Waals surface area contributed by atoms with E-state index in [4.69, 9.17) is 11.6 Å². The highest BCUT2D eigenvalue weighted by Crippen LogP contribution is 2.26. The third-order valence-electron chi connectivity index (χ3n) is 2.37. The molecule has 0 saturated heterocycles. The Kier molecular flexibility index (Phi) is 3.96. The summed E-state index contributed by atoms with van der Waals surface area (Å²) in [6.45, 7) is 1.90. The predicted octanol–water partition coefficient (Wildman–Crippen LogP) is 2.10. The van der Waals surface area contributed by atoms with Crippen LogP contribution in [0.3, 0.4) is 0 Å². The Morgan fingerprint density at radius 3 is 2.21 bits per heavy atom. The van der Waals surface area contributed by atoms with Gasteiger partial charge in [0, 0.05) is 14.1 Å². The summed E-state index contributed by atoms with van der Waals surface area (Å²) in [5, 5.41) is 9.03. The van der Waals surface area contributed by atoms with Gasteiger partial charge in [-0.2, -0.15) is 9.97 Å². The highest BCUT2D eigenvalue weighted by atomic mass is 35.5. The minimum Gasteiger partial charge on any atom is -0.371 e. The molecule has 0 radical (unpaired) electrons. The van der Waals surface area contributed by atoms with Gasteiger partial charge in [-0.25, -0.2) is 9.97 Å². The Bertz CT molecular complexity index is 626. The molecule has 2 aromatic rings. The van der Waals surface area contributed by atoms with Crippen molar-refractivity contribution in [1.29, 1.82) is 0 Å². The molecule has 2 aromatic heterocycles. The predicted molar refractivity (Wildman–Crippen MR) is 77.7 cm³/mol. The van der Waals surface area contributed by atoms with E-state index >= 15 is 0 Å². The zero-order valence-corrected chi connectivity index (χ0v) is 11.6. The van der Waals surface area contributed by atoms with Crippen molar-refractivity contribution in [3.05, 3.63) is 17.6 Å². The Labute approximate surface area is 115 Å². The van der Waals surface area contributed by atoms with Crippen molar-refractivity contribution in [3.8, 4) is 0 Å². The average molecular weight is 280 g/mol. The van der Waals surface area contributed by atoms with Crippen molar-refractivity contribution in [2.75, 3.05) is 30.0 Å². The molecule has 100 valence electrons. The maximum atomic E-state index is 5.88. The summed E-state index contributed by atoms with van der Waals surface area (Å²) >= 11 is 5.88. The topological polar surface area (TPSA) is 87.7 Å². The number of allylic oxidation sites excluding steroid dienone is 1. The fraction of sp³-hybridized carbons (Fsp3) is 0.273. The molecule has 0 bridgehead atoms. The lowest BCUT2D eigenvalue weighted by atomic mass is 10.3. The van der Waals surface area contributed by atoms with Gasteiger partial charge in [-0.1, -0.05) is 6.08 Å². The molecular formula is C11H14ClN7. The number of nitrogens with one attached hydrogen (secondary N) is 3. The van der Waals surface area contributed by atoms with Crippen LogP contribution in [0.2, 0.25) is 5.28 Å². The maximum Gasteiger partial charge on any atom is 0.229 e. The number of halogens is 1. The Morgan fingerprint density at radius 1 is 0.947 bits per heavy atom. The van der Waals surface area contributed by atoms with Crippen LogP contribution in [0.5, 0.6) is 0 Å². The number of rotatable bonds is 4. The van der Waals surface area contributed by atoms with Gasteiger partial charge in [-0.05, 0) is 24.7 Å². The van der Waals surface area contributed by atoms with Gasteiger partial charge in [-0.15, -0.1) is 0 Å². The number of fused-ring (bicyclic) bond motifs is 1. The lowest BCUT2D eigenvalue weighted by Crippen LogP contribution is -2.05. The molecule has 0 unspecified atom stereocenters. The molecule has 0 atom stereocenters. The van der Waals surface area contributed by atoms with E-state index in [1.165, 1.54) is 0 Å². The maximum absolute atomic E-state index is 5.88. The van der Waals surface area contributed by atoms with Crippen molar-refractivity contribution < 1.29 is 0 Å². The molecule has 8 heteroatoms. The average Bonchev–Trinajstić information content (AvgIpc) is 2.43. The number of hydrogen-bond acceptors (Lipinski definition) is 7. The standard InChI is InChI=1S/C11H14ClN7/c1-4-5-15-11-17-7-6(9(14-3)19-11)16-10(12)18-8(7)13-2/h4-5H,1-3H3,(H,13,16,18)(H2,14,15,17,19). The molecule has 0 aliphatic heterocycles. The van der Waals surface area contributed by atoms with Crippen LogP contribution in [0.15, 0.2) is 12.3 Å². The molecule has 2 heterocycles. The van der Waals surface area contributed by atoms with Gasteiger partial charge in [0.1, 0.15) is 11.0 Å². The van der Waals surface area contributed by atoms with E-state index < -0.39 is 0 Å². The number of nitrogens with zero attached hydrogens (tertiary/aromatic N) is 4. The van der Waals surface area contributed by atoms with Crippen molar-refractivity contribution >= 4 is 40.2 Å². The van der Waals surface area contributed by atoms with E-state index in [1.54, 1.807) is 20.3 Å². The smallest absolute Gasteiger partial charge is 0.229 e. The van der Waals surface area contributed by atoms with E-state index in [9.17, 15) is 0 Å². The third-order valence-corrected chi connectivity index (χ3v) is 2.54. The molecule has 0 aromatic carbocycles. The quantitative estimate of drug-likeness (QED) is 0.739. The molecule has 0 spiro atoms. The summed E-state index contributed by atoms with van der Waals surface area (Å²) in [6, 6.07) is 0. The summed E-state index contributed by atoms with van der Waals surface area (Å²) < 4.78 is 0. The first kappa shape index (κ1) is 13.3. The van der Waals surface area contributed by atoms with E-state index in [0.29, 0.717) is 28.6 Å². The molecule has 0 aliphatic carbocycles. The Morgan fingerprint density at radius 2 is 1.58 bits per heavy atom. The molecule has 3 N–H and O–H groups in total. The second kappa shape index (κ2) is 5.66. The van der Waals surface area contributed by atoms with Crippen LogP contribution in [0.25, 0.3) is 11.0 Å². The minimum atomic E-state index is 0.145. The highest BCUT2D eigenvalue weighted by Gasteiger charge is 2.13. The molecule has 7 nitrogen and oxygen atoms in total. The van der Waals surface area contributed by atoms with E-state index in [2.05, 4.69) is 35.9 Å². The lowest BCUT2D eigenvalue weighted by molar-refractivity contribution is 1.14. The number of anilines is 3. The van der Waals surface area contributed by atoms with Gasteiger partial charge in [0.05, 0.1) is 0 Å². The van der Waals surface area contributed by atoms with E-state index in [1.807, 2.05) is 13.0 Å². The van der Waals surface area contributed by atoms with Gasteiger partial charge in [0.2, 0.25) is 11.2 Å². The molecular weight excluding hydrogens is 266 g/mol. The first-order valence-electron chi connectivity index (χ1n) is 5.68. The van der Waals surface area contributed by atoms with Crippen molar-refractivity contribution in [2.45, 2.75) is 6.92 Å². The zero-order chi connectivity index (χ0) is 13.8. The van der Waals surface area contributed by atoms with Gasteiger partial charge in [0.15, 0.2) is 11.6 Å². The SMILES string of the molecule is CC=CNc1nc(NC)c2nc(Cl)nc(NC)c2n1. The fourth-order valence-electron chi connectivity index (χ4n) is 1.56. The summed E-state index contributed by atoms with van der Waals surface area (Å²) in [6.07, 6.45) is 3.60. The van der Waals surface area contributed by atoms with Crippen LogP contribution in [0.4, 0.5) is 17.6 Å². The van der Waals surface area contributed by atoms with Crippen LogP contribution in [-0.2, 0) is 0 Å². The summed E-state index contributed by atoms with van der Waals surface area (Å²) in [4.78, 5) is 16.9. The van der Waals surface area contributed by atoms with E-state index in [0.717, 1.165) is 0 Å². The van der Waals surface area contributed by atoms with Crippen LogP contribution in [-0.4, -0.2) is 34.0 Å². The van der Waals surface area contributed by atoms with Crippen LogP contribution >= 0.6 is 11.6 Å². The summed E-state index contributed by atoms with van der Waals surface area (Å²) in [7, 11) is 3.51. The Hall–Kier alpha value is -2.15. The van der Waals surface area contributed by atoms with Crippen molar-refractivity contribution in [1.82, 2.24) is 19.9 Å². The number of hydrogen-bond donors (Lipinski definition) is 3. The molecule has 0 fully saturated rings. The van der Waals surface area contributed by atoms with Crippen LogP contribution in [0.1, 0.15) is 6.92 Å². The highest BCUT2D eigenvalue weighted by molar-refractivity contribution is 6.29. The first-order valence-corrected chi connectivity index (χ1v) is 6.06. The second-order valence-corrected chi connectivity index (χ2v) is 3.92. The van der Waals surface area contributed by atoms with E-state index in [-0.39, 0.29) is 5.28 Å². The van der Waals surface area contributed by atoms with Crippen molar-refractivity contribution in [2.24, 2.45) is 0 Å². The molecule has 0 saturated carbocycles. The molecule has 0 aliphatic rings. The van der Waals surface area contributed by atoms with Crippen molar-refractivity contribution in [3.63, 3.8) is 0 Å². The molecule has 0 amide bonds. The summed E-state index contributed by atoms with van der Waals surface area (Å²) in [5.41, 5.74) is 1.16. The van der Waals surface area contributed by atoms with Gasteiger partial charge >= 0.3 is 0 Å². The fourth-order valence-corrected chi connectivity index (χ4v) is 1.73. The first-order chi connectivity index (χ1) is 9.19. The van der Waals surface area contributed by atoms with Gasteiger partial charge in [-0.3, -0.25) is 0 Å². The normalized spacial score (nSPS) is 10.9. The largest absolute Gasteiger partial charge is 0.371 e. The second-order valence-electron chi connectivity index (χ2n) is 3.58. The van der Waals surface area contributed by atoms with Crippen LogP contribution < -0.4 is 16.0 Å². The lowest BCUT2D eigenvalue weighted by Gasteiger charge is -2.10. The monoisotopic (exact) mass is 279 g/mol.